The SMILES string of the molecule is C/C(=C\CCC/C=C/N)c1cn2c(CN3CCNCC3)csc2n1.C/C=C(/C=O)CC.C=CC(=C)OC. The highest BCUT2D eigenvalue weighted by molar-refractivity contribution is 7.15. The molecule has 1 aliphatic heterocycles. The number of nitrogens with zero attached hydrogens (tertiary/aromatic N) is 3. The van der Waals surface area contributed by atoms with E-state index in [1.165, 1.54) is 11.3 Å². The van der Waals surface area contributed by atoms with Crippen molar-refractivity contribution in [1.82, 2.24) is 19.6 Å². The number of methoxy groups -OCH3 is 1. The molecular formula is C29H45N5O2S. The Morgan fingerprint density at radius 1 is 1.32 bits per heavy atom. The molecule has 0 saturated carbocycles. The Morgan fingerprint density at radius 2 is 2.05 bits per heavy atom. The van der Waals surface area contributed by atoms with Crippen LogP contribution in [0.5, 0.6) is 0 Å². The van der Waals surface area contributed by atoms with Gasteiger partial charge in [-0.25, -0.2) is 4.98 Å². The third kappa shape index (κ3) is 12.2. The van der Waals surface area contributed by atoms with Crippen LogP contribution in [0.1, 0.15) is 57.8 Å². The first kappa shape index (κ1) is 32.1. The summed E-state index contributed by atoms with van der Waals surface area (Å²) in [5, 5.41) is 5.65. The predicted octanol–water partition coefficient (Wildman–Crippen LogP) is 5.72. The van der Waals surface area contributed by atoms with Gasteiger partial charge in [0.1, 0.15) is 12.0 Å². The molecule has 0 spiro atoms. The van der Waals surface area contributed by atoms with E-state index in [9.17, 15) is 4.79 Å². The molecule has 3 rings (SSSR count). The number of fused-ring (bicyclic) bond motifs is 1. The summed E-state index contributed by atoms with van der Waals surface area (Å²) in [7, 11) is 1.56. The lowest BCUT2D eigenvalue weighted by Gasteiger charge is -2.26. The number of imidazole rings is 1. The minimum atomic E-state index is 0.606. The van der Waals surface area contributed by atoms with E-state index in [0.29, 0.717) is 5.76 Å². The van der Waals surface area contributed by atoms with Crippen molar-refractivity contribution in [3.63, 3.8) is 0 Å². The van der Waals surface area contributed by atoms with Crippen molar-refractivity contribution < 1.29 is 9.53 Å². The van der Waals surface area contributed by atoms with Crippen LogP contribution in [0.2, 0.25) is 0 Å². The van der Waals surface area contributed by atoms with Crippen LogP contribution in [-0.4, -0.2) is 53.9 Å². The van der Waals surface area contributed by atoms with E-state index in [1.54, 1.807) is 30.7 Å². The van der Waals surface area contributed by atoms with Gasteiger partial charge in [0.15, 0.2) is 4.96 Å². The van der Waals surface area contributed by atoms with Crippen LogP contribution in [0, 0.1) is 0 Å². The van der Waals surface area contributed by atoms with E-state index < -0.39 is 0 Å². The smallest absolute Gasteiger partial charge is 0.194 e. The van der Waals surface area contributed by atoms with Crippen molar-refractivity contribution in [1.29, 1.82) is 0 Å². The molecule has 1 fully saturated rings. The van der Waals surface area contributed by atoms with Gasteiger partial charge >= 0.3 is 0 Å². The molecule has 1 aliphatic rings. The van der Waals surface area contributed by atoms with Gasteiger partial charge in [-0.15, -0.1) is 11.3 Å². The molecule has 3 heterocycles. The summed E-state index contributed by atoms with van der Waals surface area (Å²) in [6.45, 7) is 18.3. The Hall–Kier alpha value is -2.94. The maximum absolute atomic E-state index is 9.90. The maximum atomic E-state index is 9.90. The third-order valence-electron chi connectivity index (χ3n) is 5.86. The zero-order valence-corrected chi connectivity index (χ0v) is 23.9. The highest BCUT2D eigenvalue weighted by atomic mass is 32.1. The third-order valence-corrected chi connectivity index (χ3v) is 6.75. The van der Waals surface area contributed by atoms with Gasteiger partial charge in [-0.2, -0.15) is 0 Å². The monoisotopic (exact) mass is 527 g/mol. The fraction of sp³-hybridized carbons (Fsp3) is 0.448. The molecular weight excluding hydrogens is 482 g/mol. The van der Waals surface area contributed by atoms with Crippen LogP contribution < -0.4 is 11.1 Å². The van der Waals surface area contributed by atoms with Crippen molar-refractivity contribution in [2.75, 3.05) is 33.3 Å². The number of nitrogens with one attached hydrogen (secondary N) is 1. The number of rotatable bonds is 11. The first-order valence-corrected chi connectivity index (χ1v) is 13.7. The highest BCUT2D eigenvalue weighted by Crippen LogP contribution is 2.22. The lowest BCUT2D eigenvalue weighted by atomic mass is 10.1. The summed E-state index contributed by atoms with van der Waals surface area (Å²) in [4.78, 5) is 18.3. The molecule has 204 valence electrons. The summed E-state index contributed by atoms with van der Waals surface area (Å²) >= 11 is 1.74. The van der Waals surface area contributed by atoms with E-state index >= 15 is 0 Å². The molecule has 0 radical (unpaired) electrons. The number of hydrogen-bond donors (Lipinski definition) is 2. The molecule has 0 aliphatic carbocycles. The van der Waals surface area contributed by atoms with Gasteiger partial charge in [-0.05, 0) is 63.0 Å². The lowest BCUT2D eigenvalue weighted by molar-refractivity contribution is -0.105. The zero-order valence-electron chi connectivity index (χ0n) is 23.0. The second kappa shape index (κ2) is 19.2. The van der Waals surface area contributed by atoms with E-state index in [4.69, 9.17) is 10.7 Å². The molecule has 3 N–H and O–H groups in total. The molecule has 0 atom stereocenters. The summed E-state index contributed by atoms with van der Waals surface area (Å²) < 4.78 is 6.85. The number of thiazole rings is 1. The van der Waals surface area contributed by atoms with Gasteiger partial charge in [-0.3, -0.25) is 14.1 Å². The average molecular weight is 528 g/mol. The quantitative estimate of drug-likeness (QED) is 0.128. The van der Waals surface area contributed by atoms with E-state index in [0.717, 1.165) is 80.9 Å². The van der Waals surface area contributed by atoms with Gasteiger partial charge in [0.05, 0.1) is 12.8 Å². The number of nitrogens with two attached hydrogens (primary N) is 1. The number of allylic oxidation sites excluding steroid dienone is 6. The zero-order chi connectivity index (χ0) is 27.5. The number of aldehydes is 1. The predicted molar refractivity (Wildman–Crippen MR) is 159 cm³/mol. The Kier molecular flexibility index (Phi) is 16.7. The van der Waals surface area contributed by atoms with Crippen molar-refractivity contribution in [2.45, 2.75) is 53.0 Å². The van der Waals surface area contributed by atoms with Crippen LogP contribution in [0.3, 0.4) is 0 Å². The minimum absolute atomic E-state index is 0.606. The summed E-state index contributed by atoms with van der Waals surface area (Å²) in [6.07, 6.45) is 16.5. The number of hydrogen-bond acceptors (Lipinski definition) is 7. The topological polar surface area (TPSA) is 84.9 Å². The van der Waals surface area contributed by atoms with Crippen LogP contribution in [0.15, 0.2) is 66.6 Å². The van der Waals surface area contributed by atoms with E-state index in [2.05, 4.69) is 57.1 Å². The lowest BCUT2D eigenvalue weighted by Crippen LogP contribution is -2.43. The number of carbonyl (C=O) groups excluding carboxylic acids is 1. The first-order valence-electron chi connectivity index (χ1n) is 12.8. The van der Waals surface area contributed by atoms with Crippen LogP contribution in [0.4, 0.5) is 0 Å². The van der Waals surface area contributed by atoms with Crippen LogP contribution in [-0.2, 0) is 16.1 Å². The molecule has 2 aromatic rings. The van der Waals surface area contributed by atoms with Crippen molar-refractivity contribution in [2.24, 2.45) is 5.73 Å². The van der Waals surface area contributed by atoms with Gasteiger partial charge in [-0.1, -0.05) is 38.3 Å². The molecule has 37 heavy (non-hydrogen) atoms. The Labute approximate surface area is 227 Å². The molecule has 2 aromatic heterocycles. The van der Waals surface area contributed by atoms with E-state index in [-0.39, 0.29) is 0 Å². The fourth-order valence-electron chi connectivity index (χ4n) is 3.43. The summed E-state index contributed by atoms with van der Waals surface area (Å²) in [6, 6.07) is 0. The van der Waals surface area contributed by atoms with E-state index in [1.807, 2.05) is 26.0 Å². The van der Waals surface area contributed by atoms with Gasteiger partial charge < -0.3 is 15.8 Å². The average Bonchev–Trinajstić information content (AvgIpc) is 3.52. The molecule has 0 aromatic carbocycles. The van der Waals surface area contributed by atoms with Crippen LogP contribution >= 0.6 is 11.3 Å². The molecule has 0 unspecified atom stereocenters. The highest BCUT2D eigenvalue weighted by Gasteiger charge is 2.14. The second-order valence-electron chi connectivity index (χ2n) is 8.49. The molecule has 7 nitrogen and oxygen atoms in total. The summed E-state index contributed by atoms with van der Waals surface area (Å²) in [5.41, 5.74) is 9.93. The Bertz CT molecular complexity index is 1040. The van der Waals surface area contributed by atoms with Crippen LogP contribution in [0.25, 0.3) is 10.5 Å². The molecule has 8 heteroatoms. The van der Waals surface area contributed by atoms with Crippen molar-refractivity contribution in [3.05, 3.63) is 78.0 Å². The largest absolute Gasteiger partial charge is 0.497 e. The Balaban J connectivity index is 0.000000437. The number of piperazine rings is 1. The normalized spacial score (nSPS) is 14.5. The number of ether oxygens (including phenoxy) is 1. The molecule has 1 saturated heterocycles. The fourth-order valence-corrected chi connectivity index (χ4v) is 4.29. The summed E-state index contributed by atoms with van der Waals surface area (Å²) in [5.74, 6) is 0.606. The minimum Gasteiger partial charge on any atom is -0.497 e. The standard InChI is InChI=1S/C18H27N5S.C6H10O.C5H8O/c1-15(6-4-2-3-5-7-19)17-13-23-16(14-24-18(23)21-17)12-22-10-8-20-9-11-22;1-3-6(4-2)5-7;1-4-5(2)6-3/h5-7,13-14,20H,2-4,8-12,19H2,1H3;3,5H,4H2,1-2H3;4H,1-2H2,3H3/b7-5+,15-6+;6-3+;. The first-order chi connectivity index (χ1) is 17.9. The number of carbonyl (C=O) groups is 1. The number of aromatic nitrogens is 2. The van der Waals surface area contributed by atoms with Gasteiger partial charge in [0.25, 0.3) is 0 Å². The molecule has 0 bridgehead atoms. The van der Waals surface area contributed by atoms with Gasteiger partial charge in [0, 0.05) is 50.0 Å². The second-order valence-corrected chi connectivity index (χ2v) is 9.32. The van der Waals surface area contributed by atoms with Gasteiger partial charge in [0.2, 0.25) is 0 Å². The number of unbranched alkanes of at least 4 members (excludes halogenated alkanes) is 2. The maximum Gasteiger partial charge on any atom is 0.194 e. The van der Waals surface area contributed by atoms with Crippen molar-refractivity contribution in [3.8, 4) is 0 Å². The Morgan fingerprint density at radius 3 is 2.57 bits per heavy atom. The molecule has 0 amide bonds. The van der Waals surface area contributed by atoms with Crippen molar-refractivity contribution >= 4 is 28.2 Å².